The summed E-state index contributed by atoms with van der Waals surface area (Å²) in [5.74, 6) is 2.52. The lowest BCUT2D eigenvalue weighted by atomic mass is 9.76. The highest BCUT2D eigenvalue weighted by atomic mass is 127. The Kier molecular flexibility index (Phi) is 20.9. The van der Waals surface area contributed by atoms with Crippen molar-refractivity contribution in [2.45, 2.75) is 116 Å². The van der Waals surface area contributed by atoms with Gasteiger partial charge in [0.05, 0.1) is 49.8 Å². The third-order valence-electron chi connectivity index (χ3n) is 17.2. The highest BCUT2D eigenvalue weighted by Gasteiger charge is 2.52. The van der Waals surface area contributed by atoms with Gasteiger partial charge in [0.25, 0.3) is 0 Å². The van der Waals surface area contributed by atoms with Crippen LogP contribution in [-0.2, 0) is 18.8 Å². The zero-order valence-electron chi connectivity index (χ0n) is 49.8. The molecule has 7 aliphatic rings. The van der Waals surface area contributed by atoms with Gasteiger partial charge in [-0.25, -0.2) is 19.6 Å². The largest absolute Gasteiger partial charge is 0.495 e. The summed E-state index contributed by atoms with van der Waals surface area (Å²) in [5, 5.41) is 25.4. The summed E-state index contributed by atoms with van der Waals surface area (Å²) < 4.78 is 100. The van der Waals surface area contributed by atoms with Crippen LogP contribution in [0.3, 0.4) is 0 Å². The Hall–Kier alpha value is -5.39. The van der Waals surface area contributed by atoms with Crippen molar-refractivity contribution in [2.24, 2.45) is 11.8 Å². The van der Waals surface area contributed by atoms with Crippen LogP contribution in [0.5, 0.6) is 0 Å². The molecule has 7 saturated heterocycles. The number of amides is 4. The quantitative estimate of drug-likeness (QED) is 0.0670. The average molecular weight is 1320 g/mol. The summed E-state index contributed by atoms with van der Waals surface area (Å²) in [6.07, 6.45) is -8.50. The van der Waals surface area contributed by atoms with Gasteiger partial charge in [0.15, 0.2) is 0 Å². The zero-order chi connectivity index (χ0) is 61.7. The molecule has 0 unspecified atom stereocenters. The van der Waals surface area contributed by atoms with E-state index >= 15 is 0 Å². The van der Waals surface area contributed by atoms with E-state index in [2.05, 4.69) is 65.0 Å². The van der Waals surface area contributed by atoms with Gasteiger partial charge >= 0.3 is 31.5 Å². The molecule has 7 aliphatic heterocycles. The Morgan fingerprint density at radius 1 is 0.581 bits per heavy atom. The van der Waals surface area contributed by atoms with Crippen molar-refractivity contribution in [1.29, 1.82) is 0 Å². The molecular weight excluding hydrogens is 1240 g/mol. The highest BCUT2D eigenvalue weighted by molar-refractivity contribution is 14.1. The number of likely N-dealkylation sites (tertiary alicyclic amines) is 2. The number of morpholine rings is 2. The molecule has 0 radical (unpaired) electrons. The van der Waals surface area contributed by atoms with E-state index in [1.807, 2.05) is 77.9 Å². The van der Waals surface area contributed by atoms with Crippen LogP contribution < -0.4 is 35.7 Å². The van der Waals surface area contributed by atoms with E-state index in [-0.39, 0.29) is 31.3 Å². The molecule has 470 valence electrons. The lowest BCUT2D eigenvalue weighted by molar-refractivity contribution is -0.144. The standard InChI is InChI=1S/C27H34F3N5O3.C20H28BF3N2O3.C13H18IN3O2/c1-18-2-3-21(31-26(37)35-6-4-19(16-35)15-27(28,29)30)14-23(18)20-12-24(33-8-10-38-11-9-33)32-25(13-20)34-7-5-22(36)17-34;1-13-6-7-15(10-16(13)21-28-18(2,3)19(4,5)29-21)25-17(27)26-9-8-14(12-26)11-20(22,23)24;14-10-7-12(16-3-5-19-6-4-16)15-13(8-10)17-2-1-11(18)9-17/h2-3,12-14,19,22,36H,4-11,15-17H2,1H3,(H,31,37);6-7,10,14H,8-9,11-12H2,1-5H3,(H,25,27);7-8,11,18H,1-6,9H2/t19-,22+;14-;11-/m001/s1. The van der Waals surface area contributed by atoms with Crippen LogP contribution in [-0.4, -0.2) is 190 Å². The second kappa shape index (κ2) is 27.6. The van der Waals surface area contributed by atoms with Crippen molar-refractivity contribution in [2.75, 3.05) is 135 Å². The van der Waals surface area contributed by atoms with Gasteiger partial charge < -0.3 is 69.0 Å². The monoisotopic (exact) mass is 1320 g/mol. The number of halogens is 7. The van der Waals surface area contributed by atoms with E-state index in [4.69, 9.17) is 28.8 Å². The van der Waals surface area contributed by atoms with Crippen molar-refractivity contribution in [3.8, 4) is 11.1 Å². The molecule has 26 heteroatoms. The first-order chi connectivity index (χ1) is 40.6. The van der Waals surface area contributed by atoms with Gasteiger partial charge in [0.1, 0.15) is 23.3 Å². The number of alkyl halides is 6. The van der Waals surface area contributed by atoms with E-state index in [1.165, 1.54) is 13.4 Å². The van der Waals surface area contributed by atoms with Crippen LogP contribution in [0.25, 0.3) is 11.1 Å². The Balaban J connectivity index is 0.000000163. The number of benzene rings is 2. The van der Waals surface area contributed by atoms with E-state index in [0.29, 0.717) is 70.0 Å². The van der Waals surface area contributed by atoms with Gasteiger partial charge in [-0.1, -0.05) is 17.7 Å². The van der Waals surface area contributed by atoms with Crippen molar-refractivity contribution in [1.82, 2.24) is 19.8 Å². The van der Waals surface area contributed by atoms with E-state index in [9.17, 15) is 46.1 Å². The molecule has 0 bridgehead atoms. The summed E-state index contributed by atoms with van der Waals surface area (Å²) in [4.78, 5) is 46.6. The number of pyridine rings is 2. The maximum atomic E-state index is 12.9. The summed E-state index contributed by atoms with van der Waals surface area (Å²) >= 11 is 2.33. The molecule has 0 saturated carbocycles. The maximum Gasteiger partial charge on any atom is 0.495 e. The van der Waals surface area contributed by atoms with Crippen LogP contribution in [0, 0.1) is 29.3 Å². The molecule has 86 heavy (non-hydrogen) atoms. The number of β-amino-alcohol motifs (C(OH)–C–C–N with tert-alkyl or cyclic N) is 2. The van der Waals surface area contributed by atoms with Gasteiger partial charge in [0.2, 0.25) is 0 Å². The number of urea groups is 2. The first-order valence-electron chi connectivity index (χ1n) is 29.7. The lowest BCUT2D eigenvalue weighted by Gasteiger charge is -2.32. The fourth-order valence-corrected chi connectivity index (χ4v) is 12.2. The predicted octanol–water partition coefficient (Wildman–Crippen LogP) is 9.47. The number of carbonyl (C=O) groups excluding carboxylic acids is 2. The molecule has 4 aromatic rings. The van der Waals surface area contributed by atoms with Crippen LogP contribution in [0.1, 0.15) is 77.3 Å². The number of aryl methyl sites for hydroxylation is 2. The van der Waals surface area contributed by atoms with Crippen LogP contribution >= 0.6 is 22.6 Å². The molecular formula is C60H80BF6IN10O8. The molecule has 4 N–H and O–H groups in total. The molecule has 2 aromatic heterocycles. The fraction of sp³-hybridized carbons (Fsp3) is 0.600. The minimum atomic E-state index is -4.22. The molecule has 7 fully saturated rings. The maximum absolute atomic E-state index is 12.9. The number of rotatable bonds is 10. The number of aromatic nitrogens is 2. The Bertz CT molecular complexity index is 2930. The number of carbonyl (C=O) groups is 2. The smallest absolute Gasteiger partial charge is 0.399 e. The molecule has 0 aliphatic carbocycles. The SMILES string of the molecule is Cc1ccc(NC(=O)N2CC[C@@H](CC(F)(F)F)C2)cc1-c1cc(N2CCOCC2)nc(N2CC[C@@H](O)C2)c1.Cc1ccc(NC(=O)N2CC[C@@H](CC(F)(F)F)C2)cc1B1OC(C)(C)C(C)(C)O1.O[C@@H]1CCN(c2cc(I)cc(N3CCOCC3)n2)C1. The van der Waals surface area contributed by atoms with E-state index in [0.717, 1.165) is 110 Å². The second-order valence-corrected chi connectivity index (χ2v) is 25.7. The third kappa shape index (κ3) is 17.3. The summed E-state index contributed by atoms with van der Waals surface area (Å²) in [6.45, 7) is 21.6. The molecule has 2 aromatic carbocycles. The number of anilines is 6. The van der Waals surface area contributed by atoms with Crippen molar-refractivity contribution < 1.29 is 64.9 Å². The van der Waals surface area contributed by atoms with Crippen LogP contribution in [0.15, 0.2) is 60.7 Å². The number of hydrogen-bond acceptors (Lipinski definition) is 14. The Morgan fingerprint density at radius 2 is 1.00 bits per heavy atom. The van der Waals surface area contributed by atoms with Crippen LogP contribution in [0.4, 0.5) is 70.6 Å². The summed E-state index contributed by atoms with van der Waals surface area (Å²) in [5.41, 5.74) is 4.85. The number of nitrogens with one attached hydrogen (secondary N) is 2. The predicted molar refractivity (Wildman–Crippen MR) is 329 cm³/mol. The third-order valence-corrected chi connectivity index (χ3v) is 17.9. The second-order valence-electron chi connectivity index (χ2n) is 24.4. The van der Waals surface area contributed by atoms with E-state index in [1.54, 1.807) is 12.1 Å². The normalized spacial score (nSPS) is 23.1. The molecule has 4 amide bonds. The Labute approximate surface area is 513 Å². The molecule has 4 atom stereocenters. The Morgan fingerprint density at radius 3 is 1.44 bits per heavy atom. The van der Waals surface area contributed by atoms with E-state index < -0.39 is 61.4 Å². The van der Waals surface area contributed by atoms with Crippen molar-refractivity contribution in [3.63, 3.8) is 0 Å². The minimum Gasteiger partial charge on any atom is -0.399 e. The number of ether oxygens (including phenoxy) is 2. The highest BCUT2D eigenvalue weighted by Crippen LogP contribution is 2.39. The topological polar surface area (TPSA) is 181 Å². The zero-order valence-corrected chi connectivity index (χ0v) is 51.9. The van der Waals surface area contributed by atoms with Crippen molar-refractivity contribution in [3.05, 3.63) is 75.4 Å². The first-order valence-corrected chi connectivity index (χ1v) is 30.8. The number of nitrogens with zero attached hydrogens (tertiary/aromatic N) is 8. The number of aliphatic hydroxyl groups is 2. The number of hydrogen-bond donors (Lipinski definition) is 4. The number of aliphatic hydroxyl groups excluding tert-OH is 2. The van der Waals surface area contributed by atoms with Crippen molar-refractivity contribution >= 4 is 81.9 Å². The lowest BCUT2D eigenvalue weighted by Crippen LogP contribution is -2.41. The molecule has 9 heterocycles. The molecule has 11 rings (SSSR count). The van der Waals surface area contributed by atoms with Crippen LogP contribution in [0.2, 0.25) is 0 Å². The minimum absolute atomic E-state index is 0.0996. The van der Waals surface area contributed by atoms with Gasteiger partial charge in [0, 0.05) is 106 Å². The van der Waals surface area contributed by atoms with Gasteiger partial charge in [-0.15, -0.1) is 0 Å². The summed E-state index contributed by atoms with van der Waals surface area (Å²) in [7, 11) is -0.556. The van der Waals surface area contributed by atoms with Gasteiger partial charge in [-0.3, -0.25) is 0 Å². The molecule has 0 spiro atoms. The summed E-state index contributed by atoms with van der Waals surface area (Å²) in [6, 6.07) is 18.5. The van der Waals surface area contributed by atoms with Gasteiger partial charge in [-0.2, -0.15) is 26.3 Å². The fourth-order valence-electron chi connectivity index (χ4n) is 11.6. The van der Waals surface area contributed by atoms with Gasteiger partial charge in [-0.05, 0) is 172 Å². The molecule has 18 nitrogen and oxygen atoms in total. The average Bonchev–Trinajstić information content (AvgIpc) is 2.41. The first kappa shape index (κ1) is 65.1.